The van der Waals surface area contributed by atoms with E-state index in [9.17, 15) is 4.79 Å². The summed E-state index contributed by atoms with van der Waals surface area (Å²) >= 11 is 6.45. The van der Waals surface area contributed by atoms with Gasteiger partial charge < -0.3 is 11.1 Å². The Balaban J connectivity index is 1.82. The lowest BCUT2D eigenvalue weighted by Gasteiger charge is -2.02. The molecule has 21 heavy (non-hydrogen) atoms. The van der Waals surface area contributed by atoms with Crippen LogP contribution >= 0.6 is 38.6 Å². The van der Waals surface area contributed by atoms with E-state index in [0.29, 0.717) is 17.1 Å². The average Bonchev–Trinajstić information content (AvgIpc) is 3.01. The first kappa shape index (κ1) is 14.6. The van der Waals surface area contributed by atoms with E-state index in [4.69, 9.17) is 5.73 Å². The molecule has 0 atom stereocenters. The molecule has 3 N–H and O–H groups in total. The molecule has 0 saturated carbocycles. The largest absolute Gasteiger partial charge is 0.397 e. The van der Waals surface area contributed by atoms with E-state index in [0.717, 1.165) is 25.0 Å². The van der Waals surface area contributed by atoms with E-state index in [2.05, 4.69) is 21.2 Å². The number of thiophene rings is 2. The Hall–Kier alpha value is -1.37. The maximum atomic E-state index is 12.3. The Morgan fingerprint density at radius 2 is 2.19 bits per heavy atom. The van der Waals surface area contributed by atoms with Crippen LogP contribution in [0.3, 0.4) is 0 Å². The third-order valence-corrected chi connectivity index (χ3v) is 6.02. The number of benzene rings is 1. The number of rotatable bonds is 3. The minimum absolute atomic E-state index is 0.115. The fourth-order valence-electron chi connectivity index (χ4n) is 2.09. The summed E-state index contributed by atoms with van der Waals surface area (Å²) in [6.07, 6.45) is 0. The van der Waals surface area contributed by atoms with Crippen LogP contribution in [0, 0.1) is 6.92 Å². The van der Waals surface area contributed by atoms with E-state index in [-0.39, 0.29) is 5.91 Å². The van der Waals surface area contributed by atoms with Crippen molar-refractivity contribution in [1.29, 1.82) is 0 Å². The maximum Gasteiger partial charge on any atom is 0.263 e. The first-order chi connectivity index (χ1) is 10.0. The van der Waals surface area contributed by atoms with Crippen molar-refractivity contribution in [1.82, 2.24) is 5.32 Å². The molecule has 3 nitrogen and oxygen atoms in total. The van der Waals surface area contributed by atoms with Crippen molar-refractivity contribution in [2.45, 2.75) is 13.5 Å². The summed E-state index contributed by atoms with van der Waals surface area (Å²) in [6.45, 7) is 2.53. The van der Waals surface area contributed by atoms with E-state index in [1.165, 1.54) is 11.3 Å². The zero-order valence-corrected chi connectivity index (χ0v) is 14.5. The van der Waals surface area contributed by atoms with Gasteiger partial charge >= 0.3 is 0 Å². The van der Waals surface area contributed by atoms with Crippen molar-refractivity contribution in [2.24, 2.45) is 0 Å². The number of nitrogens with two attached hydrogens (primary N) is 1. The van der Waals surface area contributed by atoms with Gasteiger partial charge in [0.15, 0.2) is 0 Å². The number of carbonyl (C=O) groups is 1. The summed E-state index contributed by atoms with van der Waals surface area (Å²) in [4.78, 5) is 14.0. The number of halogens is 1. The van der Waals surface area contributed by atoms with Gasteiger partial charge in [0.1, 0.15) is 4.88 Å². The smallest absolute Gasteiger partial charge is 0.263 e. The van der Waals surface area contributed by atoms with Crippen LogP contribution < -0.4 is 11.1 Å². The summed E-state index contributed by atoms with van der Waals surface area (Å²) in [5.41, 5.74) is 7.84. The summed E-state index contributed by atoms with van der Waals surface area (Å²) in [5.74, 6) is -0.115. The lowest BCUT2D eigenvalue weighted by Crippen LogP contribution is -2.22. The zero-order chi connectivity index (χ0) is 15.0. The molecule has 0 fully saturated rings. The molecule has 0 aliphatic rings. The van der Waals surface area contributed by atoms with Gasteiger partial charge in [0.05, 0.1) is 12.2 Å². The maximum absolute atomic E-state index is 12.3. The van der Waals surface area contributed by atoms with E-state index >= 15 is 0 Å². The zero-order valence-electron chi connectivity index (χ0n) is 11.3. The number of nitrogens with one attached hydrogen (secondary N) is 1. The number of anilines is 1. The second kappa shape index (κ2) is 5.79. The molecule has 0 aliphatic heterocycles. The van der Waals surface area contributed by atoms with Gasteiger partial charge in [0, 0.05) is 24.8 Å². The van der Waals surface area contributed by atoms with Gasteiger partial charge in [-0.15, -0.1) is 22.7 Å². The normalized spacial score (nSPS) is 11.0. The third-order valence-electron chi connectivity index (χ3n) is 3.13. The molecule has 2 aromatic heterocycles. The molecule has 1 amide bonds. The standard InChI is InChI=1S/C15H13BrN2OS2/c1-8-2-3-12-11(4-8)13(17)14(21-12)15(19)18-6-10-5-9(16)7-20-10/h2-5,7H,6,17H2,1H3,(H,18,19). The summed E-state index contributed by atoms with van der Waals surface area (Å²) in [5, 5.41) is 5.89. The van der Waals surface area contributed by atoms with Crippen LogP contribution in [-0.4, -0.2) is 5.91 Å². The van der Waals surface area contributed by atoms with Gasteiger partial charge in [-0.25, -0.2) is 0 Å². The van der Waals surface area contributed by atoms with Gasteiger partial charge in [-0.2, -0.15) is 0 Å². The first-order valence-electron chi connectivity index (χ1n) is 6.34. The van der Waals surface area contributed by atoms with Crippen LogP contribution in [0.15, 0.2) is 34.1 Å². The van der Waals surface area contributed by atoms with Crippen molar-refractivity contribution < 1.29 is 4.79 Å². The highest BCUT2D eigenvalue weighted by Gasteiger charge is 2.16. The topological polar surface area (TPSA) is 55.1 Å². The van der Waals surface area contributed by atoms with Crippen LogP contribution in [0.4, 0.5) is 5.69 Å². The van der Waals surface area contributed by atoms with E-state index < -0.39 is 0 Å². The number of fused-ring (bicyclic) bond motifs is 1. The molecule has 108 valence electrons. The Morgan fingerprint density at radius 1 is 1.38 bits per heavy atom. The van der Waals surface area contributed by atoms with Crippen molar-refractivity contribution in [2.75, 3.05) is 5.73 Å². The first-order valence-corrected chi connectivity index (χ1v) is 8.83. The highest BCUT2D eigenvalue weighted by Crippen LogP contribution is 2.34. The van der Waals surface area contributed by atoms with Gasteiger partial charge in [-0.05, 0) is 41.1 Å². The van der Waals surface area contributed by atoms with Gasteiger partial charge in [0.2, 0.25) is 0 Å². The lowest BCUT2D eigenvalue weighted by molar-refractivity contribution is 0.0956. The Kier molecular flexibility index (Phi) is 4.01. The predicted octanol–water partition coefficient (Wildman–Crippen LogP) is 4.55. The summed E-state index contributed by atoms with van der Waals surface area (Å²) < 4.78 is 2.08. The molecule has 0 radical (unpaired) electrons. The monoisotopic (exact) mass is 380 g/mol. The number of amides is 1. The van der Waals surface area contributed by atoms with E-state index in [1.54, 1.807) is 11.3 Å². The van der Waals surface area contributed by atoms with Crippen molar-refractivity contribution in [3.05, 3.63) is 49.4 Å². The van der Waals surface area contributed by atoms with Crippen LogP contribution in [0.1, 0.15) is 20.1 Å². The molecular formula is C15H13BrN2OS2. The second-order valence-corrected chi connectivity index (χ2v) is 7.72. The van der Waals surface area contributed by atoms with Crippen LogP contribution in [0.25, 0.3) is 10.1 Å². The van der Waals surface area contributed by atoms with Gasteiger partial charge in [0.25, 0.3) is 5.91 Å². The number of hydrogen-bond acceptors (Lipinski definition) is 4. The molecule has 0 unspecified atom stereocenters. The second-order valence-electron chi connectivity index (χ2n) is 4.76. The average molecular weight is 381 g/mol. The third kappa shape index (κ3) is 2.97. The number of aryl methyl sites for hydroxylation is 1. The number of carbonyl (C=O) groups excluding carboxylic acids is 1. The lowest BCUT2D eigenvalue weighted by atomic mass is 10.1. The Morgan fingerprint density at radius 3 is 2.90 bits per heavy atom. The molecule has 3 rings (SSSR count). The predicted molar refractivity (Wildman–Crippen MR) is 94.2 cm³/mol. The quantitative estimate of drug-likeness (QED) is 0.700. The van der Waals surface area contributed by atoms with Crippen molar-refractivity contribution in [3.63, 3.8) is 0 Å². The highest BCUT2D eigenvalue weighted by molar-refractivity contribution is 9.10. The fraction of sp³-hybridized carbons (Fsp3) is 0.133. The minimum Gasteiger partial charge on any atom is -0.397 e. The number of nitrogen functional groups attached to an aromatic ring is 1. The van der Waals surface area contributed by atoms with Crippen LogP contribution in [0.5, 0.6) is 0 Å². The van der Waals surface area contributed by atoms with Gasteiger partial charge in [-0.1, -0.05) is 11.6 Å². The molecule has 1 aromatic carbocycles. The van der Waals surface area contributed by atoms with E-state index in [1.807, 2.05) is 36.6 Å². The Labute approximate surface area is 138 Å². The van der Waals surface area contributed by atoms with Crippen LogP contribution in [0.2, 0.25) is 0 Å². The van der Waals surface area contributed by atoms with Crippen molar-refractivity contribution in [3.8, 4) is 0 Å². The fourth-order valence-corrected chi connectivity index (χ4v) is 4.50. The molecule has 0 bridgehead atoms. The minimum atomic E-state index is -0.115. The molecule has 3 aromatic rings. The van der Waals surface area contributed by atoms with Gasteiger partial charge in [-0.3, -0.25) is 4.79 Å². The summed E-state index contributed by atoms with van der Waals surface area (Å²) in [7, 11) is 0. The molecule has 2 heterocycles. The molecule has 0 aliphatic carbocycles. The SMILES string of the molecule is Cc1ccc2sc(C(=O)NCc3cc(Br)cs3)c(N)c2c1. The Bertz CT molecular complexity index is 822. The number of hydrogen-bond donors (Lipinski definition) is 2. The molecule has 6 heteroatoms. The van der Waals surface area contributed by atoms with Crippen LogP contribution in [-0.2, 0) is 6.54 Å². The molecule has 0 spiro atoms. The van der Waals surface area contributed by atoms with Crippen molar-refractivity contribution >= 4 is 60.3 Å². The molecular weight excluding hydrogens is 368 g/mol. The summed E-state index contributed by atoms with van der Waals surface area (Å²) in [6, 6.07) is 8.07. The molecule has 0 saturated heterocycles. The highest BCUT2D eigenvalue weighted by atomic mass is 79.9.